The van der Waals surface area contributed by atoms with Gasteiger partial charge < -0.3 is 5.11 Å². The molecule has 2 nitrogen and oxygen atoms in total. The van der Waals surface area contributed by atoms with Gasteiger partial charge in [0.15, 0.2) is 0 Å². The van der Waals surface area contributed by atoms with Crippen molar-refractivity contribution < 1.29 is 9.90 Å². The van der Waals surface area contributed by atoms with E-state index in [-0.39, 0.29) is 5.92 Å². The van der Waals surface area contributed by atoms with E-state index in [4.69, 9.17) is 11.5 Å². The smallest absolute Gasteiger partial charge is 0.306 e. The van der Waals surface area contributed by atoms with E-state index in [2.05, 4.69) is 5.92 Å². The van der Waals surface area contributed by atoms with Crippen LogP contribution in [-0.2, 0) is 4.79 Å². The molecule has 0 aromatic carbocycles. The predicted octanol–water partition coefficient (Wildman–Crippen LogP) is 1.08. The molecule has 1 atom stereocenters. The molecular formula is C7H9O2. The summed E-state index contributed by atoms with van der Waals surface area (Å²) in [4.78, 5) is 10.1. The van der Waals surface area contributed by atoms with Crippen molar-refractivity contribution in [2.45, 2.75) is 19.8 Å². The zero-order chi connectivity index (χ0) is 7.28. The summed E-state index contributed by atoms with van der Waals surface area (Å²) in [6.45, 7) is 1.62. The van der Waals surface area contributed by atoms with Crippen LogP contribution in [0.25, 0.3) is 0 Å². The normalized spacial score (nSPS) is 12.0. The molecule has 49 valence electrons. The number of hydrogen-bond donors (Lipinski definition) is 1. The van der Waals surface area contributed by atoms with Gasteiger partial charge in [-0.05, 0) is 12.8 Å². The first-order valence-corrected chi connectivity index (χ1v) is 2.81. The molecule has 0 heterocycles. The molecule has 0 spiro atoms. The second-order valence-corrected chi connectivity index (χ2v) is 1.95. The average molecular weight is 125 g/mol. The van der Waals surface area contributed by atoms with E-state index in [0.717, 1.165) is 0 Å². The molecule has 0 bridgehead atoms. The van der Waals surface area contributed by atoms with Crippen molar-refractivity contribution in [1.82, 2.24) is 0 Å². The van der Waals surface area contributed by atoms with E-state index in [0.29, 0.717) is 12.8 Å². The van der Waals surface area contributed by atoms with Gasteiger partial charge in [0, 0.05) is 6.42 Å². The van der Waals surface area contributed by atoms with Gasteiger partial charge in [-0.3, -0.25) is 4.79 Å². The van der Waals surface area contributed by atoms with Gasteiger partial charge in [-0.2, -0.15) is 0 Å². The lowest BCUT2D eigenvalue weighted by molar-refractivity contribution is -0.141. The van der Waals surface area contributed by atoms with Crippen molar-refractivity contribution in [3.63, 3.8) is 0 Å². The zero-order valence-corrected chi connectivity index (χ0v) is 5.35. The molecule has 1 N–H and O–H groups in total. The molecule has 0 saturated heterocycles. The topological polar surface area (TPSA) is 37.3 Å². The van der Waals surface area contributed by atoms with Gasteiger partial charge in [-0.15, -0.1) is 0 Å². The van der Waals surface area contributed by atoms with Gasteiger partial charge >= 0.3 is 5.97 Å². The standard InChI is InChI=1S/C7H9O2/c1-3-4-5-6(2)7(8)9/h6H,4-5H2,2H3,(H,8,9). The summed E-state index contributed by atoms with van der Waals surface area (Å²) in [5.74, 6) is 0.995. The summed E-state index contributed by atoms with van der Waals surface area (Å²) in [6.07, 6.45) is 7.44. The summed E-state index contributed by atoms with van der Waals surface area (Å²) in [5.41, 5.74) is 0. The fourth-order valence-corrected chi connectivity index (χ4v) is 0.412. The summed E-state index contributed by atoms with van der Waals surface area (Å²) in [6, 6.07) is 0. The Balaban J connectivity index is 3.41. The van der Waals surface area contributed by atoms with Crippen molar-refractivity contribution in [3.05, 3.63) is 6.42 Å². The molecule has 0 rings (SSSR count). The molecule has 2 heteroatoms. The van der Waals surface area contributed by atoms with Crippen LogP contribution >= 0.6 is 0 Å². The largest absolute Gasteiger partial charge is 0.481 e. The molecule has 0 aromatic rings. The summed E-state index contributed by atoms with van der Waals surface area (Å²) in [5, 5.41) is 8.32. The molecule has 0 aliphatic heterocycles. The van der Waals surface area contributed by atoms with E-state index in [9.17, 15) is 4.79 Å². The van der Waals surface area contributed by atoms with Crippen LogP contribution in [0.3, 0.4) is 0 Å². The minimum Gasteiger partial charge on any atom is -0.481 e. The second-order valence-electron chi connectivity index (χ2n) is 1.95. The lowest BCUT2D eigenvalue weighted by Gasteiger charge is -1.99. The first-order chi connectivity index (χ1) is 4.18. The zero-order valence-electron chi connectivity index (χ0n) is 5.35. The summed E-state index contributed by atoms with van der Waals surface area (Å²) >= 11 is 0. The molecular weight excluding hydrogens is 116 g/mol. The third kappa shape index (κ3) is 3.60. The monoisotopic (exact) mass is 125 g/mol. The minimum atomic E-state index is -0.801. The van der Waals surface area contributed by atoms with Gasteiger partial charge in [0.1, 0.15) is 0 Å². The third-order valence-electron chi connectivity index (χ3n) is 1.12. The lowest BCUT2D eigenvalue weighted by Crippen LogP contribution is -2.08. The van der Waals surface area contributed by atoms with Crippen LogP contribution in [0, 0.1) is 18.3 Å². The molecule has 0 aliphatic carbocycles. The van der Waals surface area contributed by atoms with Crippen LogP contribution in [0.2, 0.25) is 0 Å². The molecule has 0 amide bonds. The Morgan fingerprint density at radius 3 is 2.78 bits per heavy atom. The Bertz CT molecular complexity index is 132. The van der Waals surface area contributed by atoms with E-state index < -0.39 is 5.97 Å². The van der Waals surface area contributed by atoms with E-state index in [1.807, 2.05) is 0 Å². The number of aliphatic carboxylic acids is 1. The Kier molecular flexibility index (Phi) is 3.54. The van der Waals surface area contributed by atoms with Crippen LogP contribution in [-0.4, -0.2) is 11.1 Å². The fourth-order valence-electron chi connectivity index (χ4n) is 0.412. The highest BCUT2D eigenvalue weighted by molar-refractivity contribution is 5.69. The van der Waals surface area contributed by atoms with Crippen molar-refractivity contribution in [2.24, 2.45) is 5.92 Å². The molecule has 0 fully saturated rings. The first kappa shape index (κ1) is 8.03. The lowest BCUT2D eigenvalue weighted by atomic mass is 10.1. The van der Waals surface area contributed by atoms with Crippen molar-refractivity contribution in [2.75, 3.05) is 0 Å². The van der Waals surface area contributed by atoms with E-state index in [1.165, 1.54) is 0 Å². The number of hydrogen-bond acceptors (Lipinski definition) is 1. The van der Waals surface area contributed by atoms with Crippen LogP contribution < -0.4 is 0 Å². The minimum absolute atomic E-state index is 0.345. The number of carbonyl (C=O) groups is 1. The quantitative estimate of drug-likeness (QED) is 0.573. The van der Waals surface area contributed by atoms with Crippen LogP contribution in [0.1, 0.15) is 19.8 Å². The summed E-state index contributed by atoms with van der Waals surface area (Å²) in [7, 11) is 0. The van der Waals surface area contributed by atoms with Gasteiger partial charge in [0.2, 0.25) is 0 Å². The molecule has 0 saturated carbocycles. The SMILES string of the molecule is [C]#CCCC(C)C(=O)O. The maximum atomic E-state index is 10.1. The highest BCUT2D eigenvalue weighted by Crippen LogP contribution is 2.03. The number of carboxylic acids is 1. The summed E-state index contributed by atoms with van der Waals surface area (Å²) < 4.78 is 0. The van der Waals surface area contributed by atoms with Gasteiger partial charge in [0.05, 0.1) is 5.92 Å². The maximum Gasteiger partial charge on any atom is 0.306 e. The van der Waals surface area contributed by atoms with Gasteiger partial charge in [-0.1, -0.05) is 12.8 Å². The Hall–Kier alpha value is -0.970. The molecule has 1 unspecified atom stereocenters. The molecule has 1 radical (unpaired) electrons. The Morgan fingerprint density at radius 2 is 2.44 bits per heavy atom. The molecule has 0 aromatic heterocycles. The first-order valence-electron chi connectivity index (χ1n) is 2.81. The second kappa shape index (κ2) is 3.96. The van der Waals surface area contributed by atoms with Crippen LogP contribution in [0.15, 0.2) is 0 Å². The number of rotatable bonds is 3. The highest BCUT2D eigenvalue weighted by Gasteiger charge is 2.08. The van der Waals surface area contributed by atoms with Crippen molar-refractivity contribution >= 4 is 5.97 Å². The number of carboxylic acid groups (broad SMARTS) is 1. The third-order valence-corrected chi connectivity index (χ3v) is 1.12. The van der Waals surface area contributed by atoms with Crippen molar-refractivity contribution in [1.29, 1.82) is 0 Å². The van der Waals surface area contributed by atoms with Crippen LogP contribution in [0.5, 0.6) is 0 Å². The average Bonchev–Trinajstić information content (AvgIpc) is 1.82. The molecule has 0 aliphatic rings. The Labute approximate surface area is 54.9 Å². The van der Waals surface area contributed by atoms with Gasteiger partial charge in [0.25, 0.3) is 0 Å². The Morgan fingerprint density at radius 1 is 1.89 bits per heavy atom. The fraction of sp³-hybridized carbons (Fsp3) is 0.571. The molecule has 9 heavy (non-hydrogen) atoms. The maximum absolute atomic E-state index is 10.1. The predicted molar refractivity (Wildman–Crippen MR) is 33.2 cm³/mol. The van der Waals surface area contributed by atoms with Gasteiger partial charge in [-0.25, -0.2) is 0 Å². The van der Waals surface area contributed by atoms with Crippen molar-refractivity contribution in [3.8, 4) is 5.92 Å². The highest BCUT2D eigenvalue weighted by atomic mass is 16.4. The van der Waals surface area contributed by atoms with Crippen LogP contribution in [0.4, 0.5) is 0 Å². The van der Waals surface area contributed by atoms with E-state index in [1.54, 1.807) is 6.92 Å². The van der Waals surface area contributed by atoms with E-state index >= 15 is 0 Å².